The zero-order chi connectivity index (χ0) is 15.6. The number of fused-ring (bicyclic) bond motifs is 1. The summed E-state index contributed by atoms with van der Waals surface area (Å²) in [7, 11) is 3.06. The van der Waals surface area contributed by atoms with Crippen molar-refractivity contribution in [2.45, 2.75) is 32.6 Å². The number of esters is 1. The molecule has 0 bridgehead atoms. The van der Waals surface area contributed by atoms with Crippen molar-refractivity contribution in [1.29, 1.82) is 0 Å². The molecule has 0 spiro atoms. The van der Waals surface area contributed by atoms with Crippen molar-refractivity contribution in [2.24, 2.45) is 19.1 Å². The predicted octanol–water partition coefficient (Wildman–Crippen LogP) is 0.446. The molecule has 0 N–H and O–H groups in total. The van der Waals surface area contributed by atoms with E-state index in [1.807, 2.05) is 0 Å². The molecule has 0 amide bonds. The van der Waals surface area contributed by atoms with Gasteiger partial charge in [0.1, 0.15) is 5.82 Å². The number of rotatable bonds is 5. The van der Waals surface area contributed by atoms with Crippen LogP contribution in [0, 0.1) is 0 Å². The molecular weight excluding hydrogens is 274 g/mol. The number of aliphatic imine (C=N–C) groups is 1. The highest BCUT2D eigenvalue weighted by atomic mass is 16.5. The van der Waals surface area contributed by atoms with Gasteiger partial charge in [0.15, 0.2) is 0 Å². The second-order valence-electron chi connectivity index (χ2n) is 5.02. The lowest BCUT2D eigenvalue weighted by atomic mass is 10.1. The summed E-state index contributed by atoms with van der Waals surface area (Å²) in [6, 6.07) is 0. The number of hydrogen-bond acceptors (Lipinski definition) is 5. The van der Waals surface area contributed by atoms with E-state index in [0.29, 0.717) is 43.7 Å². The largest absolute Gasteiger partial charge is 0.466 e. The summed E-state index contributed by atoms with van der Waals surface area (Å²) >= 11 is 0. The zero-order valence-corrected chi connectivity index (χ0v) is 12.5. The van der Waals surface area contributed by atoms with Gasteiger partial charge in [-0.3, -0.25) is 18.7 Å². The van der Waals surface area contributed by atoms with Crippen molar-refractivity contribution >= 4 is 17.5 Å². The lowest BCUT2D eigenvalue weighted by Crippen LogP contribution is -2.38. The van der Waals surface area contributed by atoms with Gasteiger partial charge in [-0.15, -0.1) is 0 Å². The van der Waals surface area contributed by atoms with Crippen LogP contribution in [-0.2, 0) is 30.0 Å². The van der Waals surface area contributed by atoms with Crippen molar-refractivity contribution in [3.63, 3.8) is 0 Å². The first-order chi connectivity index (χ1) is 9.95. The Labute approximate surface area is 121 Å². The molecule has 21 heavy (non-hydrogen) atoms. The van der Waals surface area contributed by atoms with Crippen LogP contribution in [0.5, 0.6) is 0 Å². The first-order valence-electron chi connectivity index (χ1n) is 6.96. The number of ether oxygens (including phenoxy) is 1. The lowest BCUT2D eigenvalue weighted by Gasteiger charge is -2.05. The number of hydrogen-bond donors (Lipinski definition) is 0. The molecule has 1 aromatic heterocycles. The van der Waals surface area contributed by atoms with E-state index in [1.165, 1.54) is 11.6 Å². The van der Waals surface area contributed by atoms with Gasteiger partial charge in [0, 0.05) is 32.6 Å². The van der Waals surface area contributed by atoms with E-state index in [-0.39, 0.29) is 17.2 Å². The van der Waals surface area contributed by atoms with Gasteiger partial charge >= 0.3 is 11.7 Å². The quantitative estimate of drug-likeness (QED) is 0.738. The maximum atomic E-state index is 12.0. The van der Waals surface area contributed by atoms with E-state index in [0.717, 1.165) is 10.3 Å². The first-order valence-corrected chi connectivity index (χ1v) is 6.96. The average molecular weight is 293 g/mol. The Kier molecular flexibility index (Phi) is 4.40. The molecule has 7 nitrogen and oxygen atoms in total. The van der Waals surface area contributed by atoms with Crippen LogP contribution in [0.2, 0.25) is 0 Å². The summed E-state index contributed by atoms with van der Waals surface area (Å²) < 4.78 is 7.34. The summed E-state index contributed by atoms with van der Waals surface area (Å²) in [5, 5.41) is 0. The Morgan fingerprint density at radius 2 is 2.00 bits per heavy atom. The van der Waals surface area contributed by atoms with Crippen LogP contribution in [0.3, 0.4) is 0 Å². The number of aromatic nitrogens is 2. The van der Waals surface area contributed by atoms with Crippen molar-refractivity contribution in [2.75, 3.05) is 6.61 Å². The Balaban J connectivity index is 2.09. The third-order valence-electron chi connectivity index (χ3n) is 3.52. The molecule has 2 heterocycles. The van der Waals surface area contributed by atoms with Crippen molar-refractivity contribution in [3.8, 4) is 0 Å². The Hall–Kier alpha value is -2.18. The molecule has 2 rings (SSSR count). The number of nitrogens with zero attached hydrogens (tertiary/aromatic N) is 3. The van der Waals surface area contributed by atoms with Crippen LogP contribution in [0.1, 0.15) is 31.7 Å². The van der Waals surface area contributed by atoms with Gasteiger partial charge in [0.25, 0.3) is 5.56 Å². The lowest BCUT2D eigenvalue weighted by molar-refractivity contribution is -0.143. The molecule has 0 unspecified atom stereocenters. The summed E-state index contributed by atoms with van der Waals surface area (Å²) in [6.07, 6.45) is 2.02. The molecule has 0 aliphatic carbocycles. The van der Waals surface area contributed by atoms with E-state index < -0.39 is 0 Å². The predicted molar refractivity (Wildman–Crippen MR) is 78.2 cm³/mol. The summed E-state index contributed by atoms with van der Waals surface area (Å²) in [5.74, 6) is 0.214. The molecule has 1 aliphatic heterocycles. The second-order valence-corrected chi connectivity index (χ2v) is 5.02. The van der Waals surface area contributed by atoms with Crippen molar-refractivity contribution < 1.29 is 9.53 Å². The van der Waals surface area contributed by atoms with Crippen LogP contribution in [0.15, 0.2) is 14.6 Å². The summed E-state index contributed by atoms with van der Waals surface area (Å²) in [5.41, 5.74) is 0.700. The Bertz CT molecular complexity index is 712. The molecule has 0 aromatic carbocycles. The molecule has 7 heteroatoms. The maximum Gasteiger partial charge on any atom is 0.332 e. The molecule has 0 atom stereocenters. The van der Waals surface area contributed by atoms with E-state index in [9.17, 15) is 14.4 Å². The highest BCUT2D eigenvalue weighted by Gasteiger charge is 2.22. The van der Waals surface area contributed by atoms with E-state index >= 15 is 0 Å². The first kappa shape index (κ1) is 15.2. The highest BCUT2D eigenvalue weighted by molar-refractivity contribution is 5.93. The fourth-order valence-electron chi connectivity index (χ4n) is 2.41. The Morgan fingerprint density at radius 1 is 1.29 bits per heavy atom. The molecule has 0 saturated heterocycles. The maximum absolute atomic E-state index is 12.0. The van der Waals surface area contributed by atoms with Crippen LogP contribution >= 0.6 is 0 Å². The second kappa shape index (κ2) is 6.07. The smallest absolute Gasteiger partial charge is 0.332 e. The molecule has 0 fully saturated rings. The van der Waals surface area contributed by atoms with E-state index in [2.05, 4.69) is 4.99 Å². The van der Waals surface area contributed by atoms with Gasteiger partial charge in [0.2, 0.25) is 0 Å². The Morgan fingerprint density at radius 3 is 2.67 bits per heavy atom. The van der Waals surface area contributed by atoms with Crippen LogP contribution < -0.4 is 11.2 Å². The minimum absolute atomic E-state index is 0.225. The fourth-order valence-corrected chi connectivity index (χ4v) is 2.41. The summed E-state index contributed by atoms with van der Waals surface area (Å²) in [4.78, 5) is 39.5. The van der Waals surface area contributed by atoms with Gasteiger partial charge in [-0.05, 0) is 19.8 Å². The molecule has 1 aliphatic rings. The van der Waals surface area contributed by atoms with E-state index in [4.69, 9.17) is 4.74 Å². The van der Waals surface area contributed by atoms with Crippen molar-refractivity contribution in [3.05, 3.63) is 26.4 Å². The SMILES string of the molecule is CCOC(=O)CCCC1=Nc2c(c(=O)n(C)c(=O)n2C)C1. The van der Waals surface area contributed by atoms with Gasteiger partial charge < -0.3 is 4.74 Å². The number of carbonyl (C=O) groups is 1. The van der Waals surface area contributed by atoms with Crippen LogP contribution in [0.25, 0.3) is 0 Å². The monoisotopic (exact) mass is 293 g/mol. The van der Waals surface area contributed by atoms with Gasteiger partial charge in [-0.25, -0.2) is 9.79 Å². The molecule has 0 radical (unpaired) electrons. The number of carbonyl (C=O) groups excluding carboxylic acids is 1. The minimum atomic E-state index is -0.379. The molecular formula is C14H19N3O4. The highest BCUT2D eigenvalue weighted by Crippen LogP contribution is 2.23. The van der Waals surface area contributed by atoms with Crippen molar-refractivity contribution in [1.82, 2.24) is 9.13 Å². The molecule has 1 aromatic rings. The normalized spacial score (nSPS) is 13.0. The van der Waals surface area contributed by atoms with Gasteiger partial charge in [-0.1, -0.05) is 0 Å². The topological polar surface area (TPSA) is 82.7 Å². The average Bonchev–Trinajstić information content (AvgIpc) is 2.87. The third-order valence-corrected chi connectivity index (χ3v) is 3.52. The zero-order valence-electron chi connectivity index (χ0n) is 12.5. The van der Waals surface area contributed by atoms with E-state index in [1.54, 1.807) is 14.0 Å². The molecule has 114 valence electrons. The van der Waals surface area contributed by atoms with Gasteiger partial charge in [0.05, 0.1) is 12.2 Å². The molecule has 0 saturated carbocycles. The summed E-state index contributed by atoms with van der Waals surface area (Å²) in [6.45, 7) is 2.15. The third kappa shape index (κ3) is 2.96. The van der Waals surface area contributed by atoms with Crippen LogP contribution in [0.4, 0.5) is 5.82 Å². The van der Waals surface area contributed by atoms with Crippen LogP contribution in [-0.4, -0.2) is 27.4 Å². The fraction of sp³-hybridized carbons (Fsp3) is 0.571. The standard InChI is InChI=1S/C14H19N3O4/c1-4-21-11(18)7-5-6-9-8-10-12(15-9)16(2)14(20)17(3)13(10)19/h4-8H2,1-3H3. The minimum Gasteiger partial charge on any atom is -0.466 e. The van der Waals surface area contributed by atoms with Gasteiger partial charge in [-0.2, -0.15) is 0 Å².